The molecule has 3 nitrogen and oxygen atoms in total. The lowest BCUT2D eigenvalue weighted by molar-refractivity contribution is -0.115. The van der Waals surface area contributed by atoms with Gasteiger partial charge in [0.05, 0.1) is 6.42 Å². The van der Waals surface area contributed by atoms with Crippen molar-refractivity contribution in [1.82, 2.24) is 0 Å². The van der Waals surface area contributed by atoms with E-state index in [-0.39, 0.29) is 5.91 Å². The number of anilines is 2. The van der Waals surface area contributed by atoms with Gasteiger partial charge in [0.2, 0.25) is 5.91 Å². The summed E-state index contributed by atoms with van der Waals surface area (Å²) in [6.45, 7) is 1.99. The average Bonchev–Trinajstić information content (AvgIpc) is 2.32. The van der Waals surface area contributed by atoms with Gasteiger partial charge in [0.25, 0.3) is 0 Å². The number of para-hydroxylation sites is 1. The number of nitrogens with two attached hydrogens (primary N) is 1. The van der Waals surface area contributed by atoms with Gasteiger partial charge in [-0.3, -0.25) is 4.79 Å². The molecule has 92 valence electrons. The van der Waals surface area contributed by atoms with Crippen molar-refractivity contribution in [2.24, 2.45) is 0 Å². The fourth-order valence-electron chi connectivity index (χ4n) is 1.80. The Morgan fingerprint density at radius 1 is 1.17 bits per heavy atom. The smallest absolute Gasteiger partial charge is 0.228 e. The summed E-state index contributed by atoms with van der Waals surface area (Å²) in [7, 11) is 0. The number of rotatable bonds is 3. The first kappa shape index (κ1) is 12.2. The quantitative estimate of drug-likeness (QED) is 0.810. The zero-order chi connectivity index (χ0) is 13.0. The Kier molecular flexibility index (Phi) is 3.63. The normalized spacial score (nSPS) is 10.1. The van der Waals surface area contributed by atoms with Crippen molar-refractivity contribution in [2.45, 2.75) is 13.3 Å². The molecule has 0 saturated heterocycles. The van der Waals surface area contributed by atoms with Gasteiger partial charge in [0.1, 0.15) is 0 Å². The summed E-state index contributed by atoms with van der Waals surface area (Å²) in [4.78, 5) is 11.9. The number of carbonyl (C=O) groups is 1. The molecule has 3 N–H and O–H groups in total. The molecule has 0 bridgehead atoms. The third-order valence-corrected chi connectivity index (χ3v) is 2.71. The number of aryl methyl sites for hydroxylation is 1. The molecule has 0 aromatic heterocycles. The number of nitrogen functional groups attached to an aromatic ring is 1. The van der Waals surface area contributed by atoms with Crippen molar-refractivity contribution >= 4 is 17.3 Å². The molecule has 0 radical (unpaired) electrons. The number of hydrogen-bond donors (Lipinski definition) is 2. The first-order chi connectivity index (χ1) is 8.65. The zero-order valence-electron chi connectivity index (χ0n) is 10.3. The van der Waals surface area contributed by atoms with Gasteiger partial charge in [-0.2, -0.15) is 0 Å². The van der Waals surface area contributed by atoms with Crippen LogP contribution >= 0.6 is 0 Å². The van der Waals surface area contributed by atoms with Crippen LogP contribution in [0.15, 0.2) is 48.5 Å². The van der Waals surface area contributed by atoms with E-state index in [2.05, 4.69) is 5.32 Å². The second-order valence-electron chi connectivity index (χ2n) is 4.29. The third kappa shape index (κ3) is 3.10. The van der Waals surface area contributed by atoms with Crippen molar-refractivity contribution in [1.29, 1.82) is 0 Å². The Morgan fingerprint density at radius 2 is 1.94 bits per heavy atom. The number of hydrogen-bond acceptors (Lipinski definition) is 2. The predicted octanol–water partition coefficient (Wildman–Crippen LogP) is 2.76. The van der Waals surface area contributed by atoms with E-state index in [1.807, 2.05) is 49.4 Å². The van der Waals surface area contributed by atoms with Crippen molar-refractivity contribution in [3.05, 3.63) is 59.7 Å². The largest absolute Gasteiger partial charge is 0.398 e. The zero-order valence-corrected chi connectivity index (χ0v) is 10.3. The van der Waals surface area contributed by atoms with E-state index in [4.69, 9.17) is 5.73 Å². The van der Waals surface area contributed by atoms with Gasteiger partial charge >= 0.3 is 0 Å². The maximum atomic E-state index is 11.9. The summed E-state index contributed by atoms with van der Waals surface area (Å²) >= 11 is 0. The molecule has 0 aliphatic rings. The van der Waals surface area contributed by atoms with Crippen molar-refractivity contribution in [3.8, 4) is 0 Å². The number of carbonyl (C=O) groups excluding carboxylic acids is 1. The van der Waals surface area contributed by atoms with Gasteiger partial charge in [0.15, 0.2) is 0 Å². The highest BCUT2D eigenvalue weighted by Crippen LogP contribution is 2.13. The molecule has 3 heteroatoms. The fourth-order valence-corrected chi connectivity index (χ4v) is 1.80. The maximum absolute atomic E-state index is 11.9. The molecular weight excluding hydrogens is 224 g/mol. The molecule has 0 fully saturated rings. The SMILES string of the molecule is Cc1cccc(NC(=O)Cc2ccccc2N)c1. The van der Waals surface area contributed by atoms with E-state index in [9.17, 15) is 4.79 Å². The van der Waals surface area contributed by atoms with Crippen LogP contribution in [-0.2, 0) is 11.2 Å². The van der Waals surface area contributed by atoms with Crippen LogP contribution < -0.4 is 11.1 Å². The van der Waals surface area contributed by atoms with Crippen LogP contribution in [0.1, 0.15) is 11.1 Å². The van der Waals surface area contributed by atoms with E-state index in [1.54, 1.807) is 6.07 Å². The second-order valence-corrected chi connectivity index (χ2v) is 4.29. The van der Waals surface area contributed by atoms with E-state index in [0.717, 1.165) is 16.8 Å². The lowest BCUT2D eigenvalue weighted by atomic mass is 10.1. The van der Waals surface area contributed by atoms with Crippen LogP contribution in [-0.4, -0.2) is 5.91 Å². The molecule has 0 aliphatic heterocycles. The highest BCUT2D eigenvalue weighted by Gasteiger charge is 2.06. The highest BCUT2D eigenvalue weighted by molar-refractivity contribution is 5.93. The molecule has 0 saturated carbocycles. The summed E-state index contributed by atoms with van der Waals surface area (Å²) in [6.07, 6.45) is 0.292. The summed E-state index contributed by atoms with van der Waals surface area (Å²) in [5, 5.41) is 2.86. The standard InChI is InChI=1S/C15H16N2O/c1-11-5-4-7-13(9-11)17-15(18)10-12-6-2-3-8-14(12)16/h2-9H,10,16H2,1H3,(H,17,18). The lowest BCUT2D eigenvalue weighted by Crippen LogP contribution is -2.15. The molecule has 2 aromatic rings. The first-order valence-corrected chi connectivity index (χ1v) is 5.85. The van der Waals surface area contributed by atoms with Crippen LogP contribution in [0.5, 0.6) is 0 Å². The molecule has 2 rings (SSSR count). The van der Waals surface area contributed by atoms with Crippen molar-refractivity contribution in [2.75, 3.05) is 11.1 Å². The Labute approximate surface area is 107 Å². The van der Waals surface area contributed by atoms with Gasteiger partial charge in [-0.15, -0.1) is 0 Å². The topological polar surface area (TPSA) is 55.1 Å². The predicted molar refractivity (Wildman–Crippen MR) is 74.4 cm³/mol. The Hall–Kier alpha value is -2.29. The first-order valence-electron chi connectivity index (χ1n) is 5.85. The summed E-state index contributed by atoms with van der Waals surface area (Å²) < 4.78 is 0. The molecule has 0 spiro atoms. The molecule has 0 aliphatic carbocycles. The van der Waals surface area contributed by atoms with Crippen molar-refractivity contribution in [3.63, 3.8) is 0 Å². The van der Waals surface area contributed by atoms with Gasteiger partial charge in [-0.1, -0.05) is 30.3 Å². The van der Waals surface area contributed by atoms with Gasteiger partial charge in [-0.25, -0.2) is 0 Å². The van der Waals surface area contributed by atoms with Crippen LogP contribution in [0.4, 0.5) is 11.4 Å². The van der Waals surface area contributed by atoms with E-state index >= 15 is 0 Å². The van der Waals surface area contributed by atoms with Crippen LogP contribution in [0.2, 0.25) is 0 Å². The number of amides is 1. The van der Waals surface area contributed by atoms with Crippen LogP contribution in [0.25, 0.3) is 0 Å². The summed E-state index contributed by atoms with van der Waals surface area (Å²) in [5.41, 5.74) is 9.24. The molecule has 0 unspecified atom stereocenters. The average molecular weight is 240 g/mol. The van der Waals surface area contributed by atoms with Gasteiger partial charge in [-0.05, 0) is 36.2 Å². The van der Waals surface area contributed by atoms with Crippen molar-refractivity contribution < 1.29 is 4.79 Å². The molecular formula is C15H16N2O. The number of benzene rings is 2. The minimum atomic E-state index is -0.0569. The summed E-state index contributed by atoms with van der Waals surface area (Å²) in [5.74, 6) is -0.0569. The minimum absolute atomic E-state index is 0.0569. The summed E-state index contributed by atoms with van der Waals surface area (Å²) in [6, 6.07) is 15.1. The fraction of sp³-hybridized carbons (Fsp3) is 0.133. The second kappa shape index (κ2) is 5.36. The molecule has 18 heavy (non-hydrogen) atoms. The Morgan fingerprint density at radius 3 is 2.67 bits per heavy atom. The molecule has 1 amide bonds. The van der Waals surface area contributed by atoms with E-state index in [0.29, 0.717) is 12.1 Å². The van der Waals surface area contributed by atoms with E-state index < -0.39 is 0 Å². The Balaban J connectivity index is 2.03. The van der Waals surface area contributed by atoms with Gasteiger partial charge < -0.3 is 11.1 Å². The maximum Gasteiger partial charge on any atom is 0.228 e. The highest BCUT2D eigenvalue weighted by atomic mass is 16.1. The lowest BCUT2D eigenvalue weighted by Gasteiger charge is -2.07. The van der Waals surface area contributed by atoms with Gasteiger partial charge in [0, 0.05) is 11.4 Å². The number of nitrogens with one attached hydrogen (secondary N) is 1. The van der Waals surface area contributed by atoms with Crippen LogP contribution in [0, 0.1) is 6.92 Å². The minimum Gasteiger partial charge on any atom is -0.398 e. The monoisotopic (exact) mass is 240 g/mol. The van der Waals surface area contributed by atoms with Crippen LogP contribution in [0.3, 0.4) is 0 Å². The molecule has 2 aromatic carbocycles. The molecule has 0 atom stereocenters. The van der Waals surface area contributed by atoms with E-state index in [1.165, 1.54) is 0 Å². The molecule has 0 heterocycles. The third-order valence-electron chi connectivity index (χ3n) is 2.71. The Bertz CT molecular complexity index is 564.